The van der Waals surface area contributed by atoms with Crippen LogP contribution in [0.5, 0.6) is 0 Å². The zero-order valence-electron chi connectivity index (χ0n) is 15.7. The molecule has 2 aromatic heterocycles. The lowest BCUT2D eigenvalue weighted by Crippen LogP contribution is -2.27. The zero-order chi connectivity index (χ0) is 18.4. The molecule has 6 heteroatoms. The second-order valence-corrected chi connectivity index (χ2v) is 7.84. The molecular weight excluding hydrogens is 338 g/mol. The maximum Gasteiger partial charge on any atom is 0.278 e. The molecule has 2 aliphatic rings. The summed E-state index contributed by atoms with van der Waals surface area (Å²) in [6.45, 7) is 0.910. The Morgan fingerprint density at radius 3 is 2.63 bits per heavy atom. The summed E-state index contributed by atoms with van der Waals surface area (Å²) in [5.74, 6) is 1.12. The van der Waals surface area contributed by atoms with Crippen LogP contribution in [-0.4, -0.2) is 26.3 Å². The number of anilines is 1. The van der Waals surface area contributed by atoms with E-state index in [2.05, 4.69) is 34.1 Å². The van der Waals surface area contributed by atoms with Crippen LogP contribution in [0.25, 0.3) is 11.0 Å². The first-order valence-corrected chi connectivity index (χ1v) is 10.0. The Kier molecular flexibility index (Phi) is 3.99. The number of nitrogens with zero attached hydrogens (tertiary/aromatic N) is 4. The number of fused-ring (bicyclic) bond motifs is 1. The third-order valence-electron chi connectivity index (χ3n) is 6.16. The second kappa shape index (κ2) is 6.51. The van der Waals surface area contributed by atoms with Crippen molar-refractivity contribution in [3.8, 4) is 0 Å². The van der Waals surface area contributed by atoms with Crippen molar-refractivity contribution in [2.75, 3.05) is 11.4 Å². The summed E-state index contributed by atoms with van der Waals surface area (Å²) in [6, 6.07) is 10.8. The van der Waals surface area contributed by atoms with Gasteiger partial charge in [0, 0.05) is 19.5 Å². The van der Waals surface area contributed by atoms with Gasteiger partial charge in [0.15, 0.2) is 5.52 Å². The second-order valence-electron chi connectivity index (χ2n) is 7.84. The highest BCUT2D eigenvalue weighted by molar-refractivity contribution is 5.78. The van der Waals surface area contributed by atoms with Crippen LogP contribution in [0.15, 0.2) is 35.1 Å². The Morgan fingerprint density at radius 1 is 1.07 bits per heavy atom. The van der Waals surface area contributed by atoms with E-state index in [1.54, 1.807) is 4.68 Å². The molecule has 1 saturated heterocycles. The van der Waals surface area contributed by atoms with Crippen LogP contribution in [0.4, 0.5) is 5.95 Å². The molecule has 5 rings (SSSR count). The quantitative estimate of drug-likeness (QED) is 0.771. The molecule has 3 heterocycles. The number of hydrogen-bond acceptors (Lipinski definition) is 4. The van der Waals surface area contributed by atoms with Gasteiger partial charge in [0.25, 0.3) is 5.56 Å². The number of aryl methyl sites for hydroxylation is 1. The monoisotopic (exact) mass is 363 g/mol. The number of H-pyrrole nitrogens is 1. The molecule has 1 aliphatic heterocycles. The molecule has 140 valence electrons. The molecule has 1 N–H and O–H groups in total. The summed E-state index contributed by atoms with van der Waals surface area (Å²) in [5.41, 5.74) is 3.58. The molecular formula is C21H25N5O. The van der Waals surface area contributed by atoms with Crippen LogP contribution in [-0.2, 0) is 7.05 Å². The number of aromatic nitrogens is 4. The number of benzene rings is 1. The Labute approximate surface area is 158 Å². The van der Waals surface area contributed by atoms with E-state index >= 15 is 0 Å². The molecule has 1 aromatic carbocycles. The van der Waals surface area contributed by atoms with Crippen molar-refractivity contribution in [2.24, 2.45) is 7.05 Å². The molecule has 1 atom stereocenters. The van der Waals surface area contributed by atoms with Crippen molar-refractivity contribution in [1.82, 2.24) is 19.7 Å². The van der Waals surface area contributed by atoms with E-state index in [1.165, 1.54) is 18.4 Å². The van der Waals surface area contributed by atoms with Gasteiger partial charge in [-0.15, -0.1) is 0 Å². The van der Waals surface area contributed by atoms with Gasteiger partial charge in [-0.2, -0.15) is 5.10 Å². The van der Waals surface area contributed by atoms with E-state index in [4.69, 9.17) is 10.1 Å². The fraction of sp³-hybridized carbons (Fsp3) is 0.476. The van der Waals surface area contributed by atoms with E-state index < -0.39 is 0 Å². The SMILES string of the molecule is Cn1nc(C2CCCC2)c2nc(N3CCCC3c3ccccc3)[nH]c(=O)c21. The average Bonchev–Trinajstić information content (AvgIpc) is 3.42. The Hall–Kier alpha value is -2.63. The summed E-state index contributed by atoms with van der Waals surface area (Å²) in [7, 11) is 1.85. The maximum absolute atomic E-state index is 12.9. The van der Waals surface area contributed by atoms with Crippen molar-refractivity contribution in [3.05, 3.63) is 51.9 Å². The van der Waals surface area contributed by atoms with Crippen molar-refractivity contribution >= 4 is 17.0 Å². The molecule has 1 saturated carbocycles. The van der Waals surface area contributed by atoms with Crippen LogP contribution < -0.4 is 10.5 Å². The first-order valence-electron chi connectivity index (χ1n) is 10.0. The molecule has 1 aliphatic carbocycles. The molecule has 27 heavy (non-hydrogen) atoms. The Morgan fingerprint density at radius 2 is 1.85 bits per heavy atom. The Bertz CT molecular complexity index is 1020. The molecule has 0 spiro atoms. The highest BCUT2D eigenvalue weighted by atomic mass is 16.1. The van der Waals surface area contributed by atoms with Crippen LogP contribution in [0.3, 0.4) is 0 Å². The molecule has 2 fully saturated rings. The molecule has 1 unspecified atom stereocenters. The van der Waals surface area contributed by atoms with E-state index in [0.717, 1.165) is 43.4 Å². The van der Waals surface area contributed by atoms with Gasteiger partial charge in [-0.1, -0.05) is 43.2 Å². The predicted molar refractivity (Wildman–Crippen MR) is 106 cm³/mol. The minimum atomic E-state index is -0.0899. The first kappa shape index (κ1) is 16.5. The largest absolute Gasteiger partial charge is 0.335 e. The van der Waals surface area contributed by atoms with Crippen molar-refractivity contribution in [2.45, 2.75) is 50.5 Å². The molecule has 0 bridgehead atoms. The van der Waals surface area contributed by atoms with Crippen LogP contribution in [0, 0.1) is 0 Å². The van der Waals surface area contributed by atoms with Gasteiger partial charge in [0.2, 0.25) is 5.95 Å². The average molecular weight is 363 g/mol. The lowest BCUT2D eigenvalue weighted by atomic mass is 10.0. The topological polar surface area (TPSA) is 66.8 Å². The third kappa shape index (κ3) is 2.74. The lowest BCUT2D eigenvalue weighted by molar-refractivity contribution is 0.664. The standard InChI is InChI=1S/C21H25N5O/c1-25-19-18(17(24-25)15-10-5-6-11-15)22-21(23-20(19)27)26-13-7-12-16(26)14-8-3-2-4-9-14/h2-4,8-9,15-16H,5-7,10-13H2,1H3,(H,22,23,27). The van der Waals surface area contributed by atoms with Gasteiger partial charge in [0.05, 0.1) is 11.7 Å². The van der Waals surface area contributed by atoms with Crippen LogP contribution in [0.1, 0.15) is 61.7 Å². The van der Waals surface area contributed by atoms with Gasteiger partial charge < -0.3 is 4.90 Å². The predicted octanol–water partition coefficient (Wildman–Crippen LogP) is 3.66. The minimum absolute atomic E-state index is 0.0899. The number of aromatic amines is 1. The summed E-state index contributed by atoms with van der Waals surface area (Å²) in [6.07, 6.45) is 6.94. The summed E-state index contributed by atoms with van der Waals surface area (Å²) in [4.78, 5) is 23.1. The molecule has 3 aromatic rings. The Balaban J connectivity index is 1.61. The van der Waals surface area contributed by atoms with Crippen LogP contribution >= 0.6 is 0 Å². The molecule has 6 nitrogen and oxygen atoms in total. The van der Waals surface area contributed by atoms with Crippen molar-refractivity contribution in [3.63, 3.8) is 0 Å². The summed E-state index contributed by atoms with van der Waals surface area (Å²) < 4.78 is 1.71. The molecule has 0 amide bonds. The van der Waals surface area contributed by atoms with Gasteiger partial charge in [0.1, 0.15) is 5.52 Å². The minimum Gasteiger partial charge on any atom is -0.335 e. The third-order valence-corrected chi connectivity index (χ3v) is 6.16. The van der Waals surface area contributed by atoms with E-state index in [1.807, 2.05) is 13.1 Å². The van der Waals surface area contributed by atoms with Crippen molar-refractivity contribution in [1.29, 1.82) is 0 Å². The molecule has 0 radical (unpaired) electrons. The van der Waals surface area contributed by atoms with Gasteiger partial charge in [-0.3, -0.25) is 14.5 Å². The first-order chi connectivity index (χ1) is 13.2. The van der Waals surface area contributed by atoms with Gasteiger partial charge in [-0.05, 0) is 31.2 Å². The highest BCUT2D eigenvalue weighted by Gasteiger charge is 2.30. The number of rotatable bonds is 3. The zero-order valence-corrected chi connectivity index (χ0v) is 15.7. The normalized spacial score (nSPS) is 20.8. The fourth-order valence-electron chi connectivity index (χ4n) is 4.85. The number of nitrogens with one attached hydrogen (secondary N) is 1. The van der Waals surface area contributed by atoms with Crippen LogP contribution in [0.2, 0.25) is 0 Å². The van der Waals surface area contributed by atoms with E-state index in [0.29, 0.717) is 17.4 Å². The van der Waals surface area contributed by atoms with E-state index in [-0.39, 0.29) is 11.6 Å². The van der Waals surface area contributed by atoms with Crippen molar-refractivity contribution < 1.29 is 0 Å². The smallest absolute Gasteiger partial charge is 0.278 e. The maximum atomic E-state index is 12.9. The van der Waals surface area contributed by atoms with Gasteiger partial charge in [-0.25, -0.2) is 4.98 Å². The van der Waals surface area contributed by atoms with E-state index in [9.17, 15) is 4.79 Å². The fourth-order valence-corrected chi connectivity index (χ4v) is 4.85. The van der Waals surface area contributed by atoms with Gasteiger partial charge >= 0.3 is 0 Å². The highest BCUT2D eigenvalue weighted by Crippen LogP contribution is 2.37. The number of hydrogen-bond donors (Lipinski definition) is 1. The summed E-state index contributed by atoms with van der Waals surface area (Å²) in [5, 5.41) is 4.69. The summed E-state index contributed by atoms with van der Waals surface area (Å²) >= 11 is 0. The lowest BCUT2D eigenvalue weighted by Gasteiger charge is -2.25.